The lowest BCUT2D eigenvalue weighted by Crippen LogP contribution is -2.36. The first-order valence-electron chi connectivity index (χ1n) is 12.2. The zero-order valence-corrected chi connectivity index (χ0v) is 21.8. The van der Waals surface area contributed by atoms with Crippen LogP contribution in [-0.4, -0.2) is 40.4 Å². The molecule has 0 saturated heterocycles. The highest BCUT2D eigenvalue weighted by Crippen LogP contribution is 2.28. The van der Waals surface area contributed by atoms with Crippen molar-refractivity contribution in [1.29, 1.82) is 0 Å². The summed E-state index contributed by atoms with van der Waals surface area (Å²) in [6.45, 7) is 5.80. The van der Waals surface area contributed by atoms with E-state index in [0.717, 1.165) is 40.7 Å². The second-order valence-electron chi connectivity index (χ2n) is 8.57. The number of fused-ring (bicyclic) bond motifs is 1. The van der Waals surface area contributed by atoms with Gasteiger partial charge < -0.3 is 29.8 Å². The number of H-pyrrole nitrogens is 1. The van der Waals surface area contributed by atoms with Crippen molar-refractivity contribution >= 4 is 33.9 Å². The van der Waals surface area contributed by atoms with Crippen molar-refractivity contribution in [2.45, 2.75) is 33.2 Å². The molecule has 188 valence electrons. The van der Waals surface area contributed by atoms with Gasteiger partial charge in [-0.25, -0.2) is 0 Å². The molecule has 0 aliphatic carbocycles. The van der Waals surface area contributed by atoms with E-state index in [4.69, 9.17) is 21.7 Å². The predicted molar refractivity (Wildman–Crippen MR) is 150 cm³/mol. The normalized spacial score (nSPS) is 10.9. The number of thiocarbonyl (C=S) groups is 1. The summed E-state index contributed by atoms with van der Waals surface area (Å²) in [5.74, 6) is 1.45. The van der Waals surface area contributed by atoms with Crippen LogP contribution in [0.5, 0.6) is 17.2 Å². The first kappa shape index (κ1) is 25.4. The Morgan fingerprint density at radius 2 is 1.89 bits per heavy atom. The van der Waals surface area contributed by atoms with Crippen molar-refractivity contribution in [3.05, 3.63) is 83.6 Å². The molecule has 36 heavy (non-hydrogen) atoms. The Morgan fingerprint density at radius 1 is 1.06 bits per heavy atom. The van der Waals surface area contributed by atoms with Gasteiger partial charge in [0.05, 0.1) is 13.7 Å². The molecule has 0 radical (unpaired) electrons. The monoisotopic (exact) mass is 503 g/mol. The van der Waals surface area contributed by atoms with Gasteiger partial charge in [0.25, 0.3) is 0 Å². The Labute approximate surface area is 217 Å². The van der Waals surface area contributed by atoms with E-state index in [1.54, 1.807) is 13.2 Å². The van der Waals surface area contributed by atoms with Crippen molar-refractivity contribution in [3.8, 4) is 17.2 Å². The minimum Gasteiger partial charge on any atom is -0.504 e. The minimum atomic E-state index is 0.137. The van der Waals surface area contributed by atoms with Gasteiger partial charge >= 0.3 is 0 Å². The van der Waals surface area contributed by atoms with Gasteiger partial charge in [0, 0.05) is 35.9 Å². The van der Waals surface area contributed by atoms with Gasteiger partial charge in [-0.1, -0.05) is 31.2 Å². The quantitative estimate of drug-likeness (QED) is 0.221. The first-order chi connectivity index (χ1) is 17.5. The summed E-state index contributed by atoms with van der Waals surface area (Å²) in [6, 6.07) is 19.8. The Kier molecular flexibility index (Phi) is 8.33. The molecule has 3 N–H and O–H groups in total. The third-order valence-corrected chi connectivity index (χ3v) is 6.61. The molecule has 4 rings (SSSR count). The average Bonchev–Trinajstić information content (AvgIpc) is 3.30. The second-order valence-corrected chi connectivity index (χ2v) is 8.96. The number of rotatable bonds is 10. The second kappa shape index (κ2) is 11.8. The number of nitrogens with one attached hydrogen (secondary N) is 2. The van der Waals surface area contributed by atoms with E-state index in [9.17, 15) is 5.11 Å². The topological polar surface area (TPSA) is 69.8 Å². The molecular weight excluding hydrogens is 470 g/mol. The Hall–Kier alpha value is -3.71. The van der Waals surface area contributed by atoms with Crippen LogP contribution in [0.15, 0.2) is 66.9 Å². The molecule has 0 bridgehead atoms. The van der Waals surface area contributed by atoms with Crippen LogP contribution in [0.4, 0.5) is 5.69 Å². The molecule has 1 heterocycles. The van der Waals surface area contributed by atoms with E-state index in [1.165, 1.54) is 11.1 Å². The van der Waals surface area contributed by atoms with Crippen LogP contribution in [0.2, 0.25) is 0 Å². The van der Waals surface area contributed by atoms with Crippen LogP contribution in [0, 0.1) is 0 Å². The molecule has 0 atom stereocenters. The fourth-order valence-corrected chi connectivity index (χ4v) is 4.56. The molecule has 1 aromatic heterocycles. The number of para-hydroxylation sites is 1. The molecule has 4 aromatic rings. The van der Waals surface area contributed by atoms with E-state index in [2.05, 4.69) is 46.5 Å². The van der Waals surface area contributed by atoms with E-state index >= 15 is 0 Å². The fourth-order valence-electron chi connectivity index (χ4n) is 4.29. The summed E-state index contributed by atoms with van der Waals surface area (Å²) in [4.78, 5) is 5.51. The number of phenols is 1. The van der Waals surface area contributed by atoms with E-state index in [1.807, 2.05) is 43.3 Å². The number of methoxy groups -OCH3 is 1. The van der Waals surface area contributed by atoms with Gasteiger partial charge in [0.15, 0.2) is 16.6 Å². The molecule has 0 amide bonds. The molecule has 3 aromatic carbocycles. The number of nitrogens with zero attached hydrogens (tertiary/aromatic N) is 1. The third-order valence-electron chi connectivity index (χ3n) is 6.25. The van der Waals surface area contributed by atoms with Crippen LogP contribution >= 0.6 is 12.2 Å². The van der Waals surface area contributed by atoms with Crippen LogP contribution in [0.3, 0.4) is 0 Å². The Bertz CT molecular complexity index is 1330. The van der Waals surface area contributed by atoms with Crippen LogP contribution < -0.4 is 14.8 Å². The molecule has 7 heteroatoms. The first-order valence-corrected chi connectivity index (χ1v) is 12.7. The highest BCUT2D eigenvalue weighted by molar-refractivity contribution is 7.80. The minimum absolute atomic E-state index is 0.137. The Balaban J connectivity index is 1.59. The van der Waals surface area contributed by atoms with E-state index in [-0.39, 0.29) is 5.75 Å². The number of ether oxygens (including phenoxy) is 2. The zero-order chi connectivity index (χ0) is 25.5. The van der Waals surface area contributed by atoms with Gasteiger partial charge in [-0.05, 0) is 85.1 Å². The number of anilines is 1. The molecule has 0 aliphatic heterocycles. The number of aromatic nitrogens is 1. The van der Waals surface area contributed by atoms with Crippen molar-refractivity contribution in [2.75, 3.05) is 25.6 Å². The molecular formula is C29H33N3O3S. The van der Waals surface area contributed by atoms with Gasteiger partial charge in [-0.3, -0.25) is 0 Å². The number of hydrogen-bond donors (Lipinski definition) is 3. The highest BCUT2D eigenvalue weighted by Gasteiger charge is 2.15. The maximum absolute atomic E-state index is 10.1. The lowest BCUT2D eigenvalue weighted by molar-refractivity contribution is 0.317. The average molecular weight is 504 g/mol. The molecule has 6 nitrogen and oxygen atoms in total. The van der Waals surface area contributed by atoms with Crippen LogP contribution in [0.25, 0.3) is 10.9 Å². The number of phenolic OH excluding ortho intramolecular Hbond substituents is 1. The number of aryl methyl sites for hydroxylation is 1. The molecule has 0 fully saturated rings. The summed E-state index contributed by atoms with van der Waals surface area (Å²) in [6.07, 6.45) is 3.76. The molecule has 0 saturated carbocycles. The van der Waals surface area contributed by atoms with Gasteiger partial charge in [0.1, 0.15) is 5.75 Å². The van der Waals surface area contributed by atoms with Crippen molar-refractivity contribution in [2.24, 2.45) is 0 Å². The number of benzene rings is 3. The zero-order valence-electron chi connectivity index (χ0n) is 21.0. The largest absolute Gasteiger partial charge is 0.504 e. The molecule has 0 spiro atoms. The third kappa shape index (κ3) is 5.91. The lowest BCUT2D eigenvalue weighted by atomic mass is 10.1. The summed E-state index contributed by atoms with van der Waals surface area (Å²) >= 11 is 5.91. The molecule has 0 unspecified atom stereocenters. The maximum Gasteiger partial charge on any atom is 0.173 e. The predicted octanol–water partition coefficient (Wildman–Crippen LogP) is 6.28. The lowest BCUT2D eigenvalue weighted by Gasteiger charge is -2.27. The smallest absolute Gasteiger partial charge is 0.173 e. The highest BCUT2D eigenvalue weighted by atomic mass is 32.1. The fraction of sp³-hybridized carbons (Fsp3) is 0.276. The number of aromatic hydroxyl groups is 1. The Morgan fingerprint density at radius 3 is 2.67 bits per heavy atom. The number of aromatic amines is 1. The number of hydrogen-bond acceptors (Lipinski definition) is 4. The maximum atomic E-state index is 10.1. The summed E-state index contributed by atoms with van der Waals surface area (Å²) < 4.78 is 11.0. The van der Waals surface area contributed by atoms with Crippen LogP contribution in [-0.2, 0) is 19.4 Å². The van der Waals surface area contributed by atoms with Crippen molar-refractivity contribution in [1.82, 2.24) is 9.88 Å². The van der Waals surface area contributed by atoms with E-state index < -0.39 is 0 Å². The summed E-state index contributed by atoms with van der Waals surface area (Å²) in [7, 11) is 1.68. The van der Waals surface area contributed by atoms with Crippen molar-refractivity contribution < 1.29 is 14.6 Å². The van der Waals surface area contributed by atoms with E-state index in [0.29, 0.717) is 30.6 Å². The SMILES string of the molecule is CCOc1cc(CN(CCc2c[nH]c3ccc(OC)cc23)C(=S)Nc2ccccc2CC)ccc1O. The van der Waals surface area contributed by atoms with Gasteiger partial charge in [-0.2, -0.15) is 0 Å². The van der Waals surface area contributed by atoms with Gasteiger partial charge in [-0.15, -0.1) is 0 Å². The van der Waals surface area contributed by atoms with Crippen LogP contribution in [0.1, 0.15) is 30.5 Å². The van der Waals surface area contributed by atoms with Crippen molar-refractivity contribution in [3.63, 3.8) is 0 Å². The van der Waals surface area contributed by atoms with Gasteiger partial charge in [0.2, 0.25) is 0 Å². The molecule has 0 aliphatic rings. The summed E-state index contributed by atoms with van der Waals surface area (Å²) in [5, 5.41) is 15.4. The summed E-state index contributed by atoms with van der Waals surface area (Å²) in [5.41, 5.74) is 5.52. The standard InChI is InChI=1S/C29H33N3O3S/c1-4-21-8-6-7-9-25(21)31-29(36)32(19-20-10-13-27(33)28(16-20)35-5-2)15-14-22-18-30-26-12-11-23(34-3)17-24(22)26/h6-13,16-18,30,33H,4-5,14-15,19H2,1-3H3,(H,31,36).